The van der Waals surface area contributed by atoms with Gasteiger partial charge in [-0.3, -0.25) is 0 Å². The van der Waals surface area contributed by atoms with Crippen molar-refractivity contribution in [2.75, 3.05) is 0 Å². The number of rotatable bonds is 5. The zero-order valence-corrected chi connectivity index (χ0v) is 16.4. The molecule has 0 fully saturated rings. The number of hydrogen-bond donors (Lipinski definition) is 2. The van der Waals surface area contributed by atoms with Gasteiger partial charge in [0.05, 0.1) is 5.71 Å². The van der Waals surface area contributed by atoms with Crippen LogP contribution in [0.2, 0.25) is 0 Å². The van der Waals surface area contributed by atoms with E-state index in [0.717, 1.165) is 11.1 Å². The zero-order valence-electron chi connectivity index (χ0n) is 16.4. The van der Waals surface area contributed by atoms with Crippen molar-refractivity contribution in [1.29, 1.82) is 0 Å². The maximum absolute atomic E-state index is 5.45. The molecule has 0 aliphatic carbocycles. The molecule has 4 nitrogen and oxygen atoms in total. The van der Waals surface area contributed by atoms with Gasteiger partial charge in [0.1, 0.15) is 0 Å². The fourth-order valence-electron chi connectivity index (χ4n) is 3.22. The Kier molecular flexibility index (Phi) is 5.67. The van der Waals surface area contributed by atoms with Crippen LogP contribution >= 0.6 is 0 Å². The second-order valence-corrected chi connectivity index (χ2v) is 6.93. The minimum atomic E-state index is -0.0780. The summed E-state index contributed by atoms with van der Waals surface area (Å²) < 4.78 is 0. The molecule has 4 N–H and O–H groups in total. The van der Waals surface area contributed by atoms with Crippen LogP contribution < -0.4 is 11.5 Å². The Bertz CT molecular complexity index is 1220. The summed E-state index contributed by atoms with van der Waals surface area (Å²) in [6, 6.07) is 29.2. The molecule has 146 valence electrons. The molecule has 4 aromatic rings. The normalized spacial score (nSPS) is 11.3. The van der Waals surface area contributed by atoms with Crippen LogP contribution in [0.15, 0.2) is 107 Å². The molecule has 0 spiro atoms. The van der Waals surface area contributed by atoms with Crippen molar-refractivity contribution < 1.29 is 0 Å². The van der Waals surface area contributed by atoms with E-state index >= 15 is 0 Å². The predicted octanol–water partition coefficient (Wildman–Crippen LogP) is 5.35. The van der Waals surface area contributed by atoms with E-state index < -0.39 is 0 Å². The molecule has 0 unspecified atom stereocenters. The summed E-state index contributed by atoms with van der Waals surface area (Å²) in [6.45, 7) is 0. The highest BCUT2D eigenvalue weighted by molar-refractivity contribution is 6.09. The first-order chi connectivity index (χ1) is 14.7. The van der Waals surface area contributed by atoms with Crippen LogP contribution in [0.5, 0.6) is 0 Å². The fraction of sp³-hybridized carbons (Fsp3) is 0. The van der Waals surface area contributed by atoms with Crippen molar-refractivity contribution in [3.05, 3.63) is 108 Å². The second-order valence-electron chi connectivity index (χ2n) is 6.93. The van der Waals surface area contributed by atoms with Gasteiger partial charge < -0.3 is 11.5 Å². The van der Waals surface area contributed by atoms with Crippen molar-refractivity contribution in [2.45, 2.75) is 0 Å². The van der Waals surface area contributed by atoms with E-state index in [2.05, 4.69) is 70.9 Å². The van der Waals surface area contributed by atoms with E-state index in [-0.39, 0.29) is 5.96 Å². The Morgan fingerprint density at radius 2 is 1.03 bits per heavy atom. The molecule has 4 aromatic carbocycles. The highest BCUT2D eigenvalue weighted by Gasteiger charge is 1.96. The molecule has 0 aromatic heterocycles. The lowest BCUT2D eigenvalue weighted by molar-refractivity contribution is 1.21. The number of hydrogen-bond acceptors (Lipinski definition) is 2. The van der Waals surface area contributed by atoms with E-state index in [4.69, 9.17) is 11.5 Å². The smallest absolute Gasteiger partial charge is 0.211 e. The SMILES string of the molecule is NC(N)=NN=C(C=Cc1ccc2ccccc2c1)C=Cc1ccc2ccccc2c1. The number of nitrogens with two attached hydrogens (primary N) is 2. The van der Waals surface area contributed by atoms with Gasteiger partial charge in [0.2, 0.25) is 5.96 Å². The van der Waals surface area contributed by atoms with Gasteiger partial charge in [0, 0.05) is 0 Å². The monoisotopic (exact) mass is 390 g/mol. The van der Waals surface area contributed by atoms with Gasteiger partial charge in [-0.15, -0.1) is 10.2 Å². The summed E-state index contributed by atoms with van der Waals surface area (Å²) in [5.74, 6) is -0.0780. The third-order valence-corrected chi connectivity index (χ3v) is 4.72. The molecule has 30 heavy (non-hydrogen) atoms. The minimum Gasteiger partial charge on any atom is -0.369 e. The Balaban J connectivity index is 1.61. The topological polar surface area (TPSA) is 76.8 Å². The van der Waals surface area contributed by atoms with Gasteiger partial charge in [-0.05, 0) is 57.0 Å². The van der Waals surface area contributed by atoms with E-state index in [1.165, 1.54) is 21.5 Å². The molecule has 0 atom stereocenters. The Morgan fingerprint density at radius 1 is 0.567 bits per heavy atom. The Hall–Kier alpha value is -4.18. The van der Waals surface area contributed by atoms with E-state index in [9.17, 15) is 0 Å². The molecule has 0 aliphatic rings. The number of nitrogens with zero attached hydrogens (tertiary/aromatic N) is 2. The molecule has 0 amide bonds. The van der Waals surface area contributed by atoms with Crippen molar-refractivity contribution in [3.8, 4) is 0 Å². The zero-order chi connectivity index (χ0) is 20.8. The standard InChI is InChI=1S/C26H22N4/c27-26(28)30-29-25(15-11-19-9-13-21-5-1-3-7-23(21)17-19)16-12-20-10-14-22-6-2-4-8-24(22)18-20/h1-18H,(H4,27,28,30). The molecular weight excluding hydrogens is 368 g/mol. The molecule has 4 heteroatoms. The van der Waals surface area contributed by atoms with Gasteiger partial charge in [0.15, 0.2) is 0 Å². The predicted molar refractivity (Wildman–Crippen MR) is 129 cm³/mol. The summed E-state index contributed by atoms with van der Waals surface area (Å²) in [4.78, 5) is 0. The summed E-state index contributed by atoms with van der Waals surface area (Å²) in [6.07, 6.45) is 7.79. The molecule has 0 saturated heterocycles. The largest absolute Gasteiger partial charge is 0.369 e. The number of guanidine groups is 1. The third-order valence-electron chi connectivity index (χ3n) is 4.72. The van der Waals surface area contributed by atoms with E-state index in [1.54, 1.807) is 0 Å². The van der Waals surface area contributed by atoms with Crippen LogP contribution in [0, 0.1) is 0 Å². The first kappa shape index (κ1) is 19.2. The lowest BCUT2D eigenvalue weighted by atomic mass is 10.1. The van der Waals surface area contributed by atoms with Crippen LogP contribution in [-0.2, 0) is 0 Å². The first-order valence-electron chi connectivity index (χ1n) is 9.68. The van der Waals surface area contributed by atoms with Gasteiger partial charge in [-0.1, -0.05) is 84.9 Å². The summed E-state index contributed by atoms with van der Waals surface area (Å²) in [5, 5.41) is 12.8. The first-order valence-corrected chi connectivity index (χ1v) is 9.68. The molecule has 0 heterocycles. The molecule has 0 saturated carbocycles. The summed E-state index contributed by atoms with van der Waals surface area (Å²) in [5.41, 5.74) is 13.7. The van der Waals surface area contributed by atoms with Crippen LogP contribution in [0.3, 0.4) is 0 Å². The van der Waals surface area contributed by atoms with Gasteiger partial charge in [-0.25, -0.2) is 0 Å². The Morgan fingerprint density at radius 3 is 1.50 bits per heavy atom. The quantitative estimate of drug-likeness (QED) is 0.274. The minimum absolute atomic E-state index is 0.0780. The summed E-state index contributed by atoms with van der Waals surface area (Å²) >= 11 is 0. The lowest BCUT2D eigenvalue weighted by Crippen LogP contribution is -2.22. The van der Waals surface area contributed by atoms with E-state index in [0.29, 0.717) is 5.71 Å². The van der Waals surface area contributed by atoms with Gasteiger partial charge >= 0.3 is 0 Å². The van der Waals surface area contributed by atoms with Gasteiger partial charge in [0.25, 0.3) is 0 Å². The Labute approximate surface area is 175 Å². The average molecular weight is 390 g/mol. The number of fused-ring (bicyclic) bond motifs is 2. The van der Waals surface area contributed by atoms with Crippen molar-refractivity contribution in [3.63, 3.8) is 0 Å². The summed E-state index contributed by atoms with van der Waals surface area (Å²) in [7, 11) is 0. The molecule has 4 rings (SSSR count). The molecule has 0 aliphatic heterocycles. The average Bonchev–Trinajstić information content (AvgIpc) is 2.78. The van der Waals surface area contributed by atoms with Crippen molar-refractivity contribution in [1.82, 2.24) is 0 Å². The van der Waals surface area contributed by atoms with Crippen LogP contribution in [-0.4, -0.2) is 11.7 Å². The number of allylic oxidation sites excluding steroid dienone is 2. The van der Waals surface area contributed by atoms with Crippen molar-refractivity contribution in [2.24, 2.45) is 21.7 Å². The maximum Gasteiger partial charge on any atom is 0.211 e. The maximum atomic E-state index is 5.45. The highest BCUT2D eigenvalue weighted by Crippen LogP contribution is 2.18. The molecule has 0 radical (unpaired) electrons. The fourth-order valence-corrected chi connectivity index (χ4v) is 3.22. The second kappa shape index (κ2) is 8.88. The number of benzene rings is 4. The van der Waals surface area contributed by atoms with Crippen LogP contribution in [0.1, 0.15) is 11.1 Å². The van der Waals surface area contributed by atoms with Crippen LogP contribution in [0.4, 0.5) is 0 Å². The molecular formula is C26H22N4. The highest BCUT2D eigenvalue weighted by atomic mass is 15.3. The van der Waals surface area contributed by atoms with E-state index in [1.807, 2.05) is 48.6 Å². The van der Waals surface area contributed by atoms with Crippen LogP contribution in [0.25, 0.3) is 33.7 Å². The van der Waals surface area contributed by atoms with Gasteiger partial charge in [-0.2, -0.15) is 0 Å². The lowest BCUT2D eigenvalue weighted by Gasteiger charge is -2.00. The van der Waals surface area contributed by atoms with Crippen molar-refractivity contribution >= 4 is 45.4 Å². The third kappa shape index (κ3) is 4.80. The molecule has 0 bridgehead atoms.